The smallest absolute Gasteiger partial charge is 0.323 e. The summed E-state index contributed by atoms with van der Waals surface area (Å²) in [5.74, 6) is -0.974. The number of carboxylic acid groups (broad SMARTS) is 1. The molecule has 0 aliphatic heterocycles. The molecule has 0 atom stereocenters. The molecule has 1 aliphatic carbocycles. The van der Waals surface area contributed by atoms with E-state index < -0.39 is 5.97 Å². The summed E-state index contributed by atoms with van der Waals surface area (Å²) in [4.78, 5) is 28.3. The Labute approximate surface area is 115 Å². The van der Waals surface area contributed by atoms with E-state index in [0.717, 1.165) is 23.5 Å². The van der Waals surface area contributed by atoms with Gasteiger partial charge in [0, 0.05) is 30.1 Å². The van der Waals surface area contributed by atoms with Gasteiger partial charge in [-0.2, -0.15) is 0 Å². The van der Waals surface area contributed by atoms with Crippen LogP contribution in [0.1, 0.15) is 23.5 Å². The average Bonchev–Trinajstić information content (AvgIpc) is 3.10. The van der Waals surface area contributed by atoms with Gasteiger partial charge in [0.1, 0.15) is 6.54 Å². The van der Waals surface area contributed by atoms with E-state index in [4.69, 9.17) is 5.11 Å². The molecule has 2 rings (SSSR count). The lowest BCUT2D eigenvalue weighted by molar-refractivity contribution is -0.137. The third kappa shape index (κ3) is 4.20. The first-order chi connectivity index (χ1) is 9.06. The Morgan fingerprint density at radius 1 is 1.58 bits per heavy atom. The van der Waals surface area contributed by atoms with E-state index in [0.29, 0.717) is 13.0 Å². The fourth-order valence-electron chi connectivity index (χ4n) is 1.79. The minimum Gasteiger partial charge on any atom is -0.480 e. The Morgan fingerprint density at radius 2 is 2.32 bits per heavy atom. The number of amides is 2. The summed E-state index contributed by atoms with van der Waals surface area (Å²) in [6.07, 6.45) is 2.47. The number of rotatable bonds is 6. The first-order valence-electron chi connectivity index (χ1n) is 6.23. The van der Waals surface area contributed by atoms with Crippen LogP contribution in [0.3, 0.4) is 0 Å². The Kier molecular flexibility index (Phi) is 4.36. The predicted molar refractivity (Wildman–Crippen MR) is 71.3 cm³/mol. The summed E-state index contributed by atoms with van der Waals surface area (Å²) in [7, 11) is 0. The summed E-state index contributed by atoms with van der Waals surface area (Å²) < 4.78 is 0. The molecule has 2 amide bonds. The fraction of sp³-hybridized carbons (Fsp3) is 0.583. The maximum Gasteiger partial charge on any atom is 0.323 e. The second-order valence-corrected chi connectivity index (χ2v) is 5.56. The first kappa shape index (κ1) is 13.8. The van der Waals surface area contributed by atoms with Crippen LogP contribution in [0.25, 0.3) is 0 Å². The second kappa shape index (κ2) is 6.01. The third-order valence-electron chi connectivity index (χ3n) is 2.84. The number of aliphatic carboxylic acids is 1. The summed E-state index contributed by atoms with van der Waals surface area (Å²) in [6.45, 7) is 2.18. The highest BCUT2D eigenvalue weighted by Gasteiger charge is 2.33. The van der Waals surface area contributed by atoms with Crippen LogP contribution in [0, 0.1) is 6.92 Å². The number of nitrogens with zero attached hydrogens (tertiary/aromatic N) is 2. The minimum atomic E-state index is -0.974. The number of thiazole rings is 1. The van der Waals surface area contributed by atoms with Crippen molar-refractivity contribution in [3.05, 3.63) is 16.1 Å². The standard InChI is InChI=1S/C12H17N3O3S/c1-8-7-19-10(14-8)4-5-13-12(18)15(6-11(16)17)9-2-3-9/h7,9H,2-6H2,1H3,(H,13,18)(H,16,17). The quantitative estimate of drug-likeness (QED) is 0.823. The number of carbonyl (C=O) groups excluding carboxylic acids is 1. The van der Waals surface area contributed by atoms with Gasteiger partial charge in [-0.15, -0.1) is 11.3 Å². The van der Waals surface area contributed by atoms with Crippen LogP contribution in [0.2, 0.25) is 0 Å². The lowest BCUT2D eigenvalue weighted by Gasteiger charge is -2.20. The SMILES string of the molecule is Cc1csc(CCNC(=O)N(CC(=O)O)C2CC2)n1. The van der Waals surface area contributed by atoms with E-state index in [1.807, 2.05) is 12.3 Å². The third-order valence-corrected chi connectivity index (χ3v) is 3.86. The van der Waals surface area contributed by atoms with E-state index in [1.54, 1.807) is 11.3 Å². The van der Waals surface area contributed by atoms with E-state index in [1.165, 1.54) is 4.90 Å². The molecule has 1 aromatic rings. The van der Waals surface area contributed by atoms with Crippen LogP contribution in [-0.2, 0) is 11.2 Å². The van der Waals surface area contributed by atoms with E-state index in [-0.39, 0.29) is 18.6 Å². The van der Waals surface area contributed by atoms with Gasteiger partial charge in [-0.1, -0.05) is 0 Å². The number of urea groups is 1. The van der Waals surface area contributed by atoms with Gasteiger partial charge in [-0.3, -0.25) is 4.79 Å². The molecule has 0 bridgehead atoms. The number of hydrogen-bond acceptors (Lipinski definition) is 4. The zero-order valence-corrected chi connectivity index (χ0v) is 11.6. The summed E-state index contributed by atoms with van der Waals surface area (Å²) in [6, 6.07) is -0.198. The van der Waals surface area contributed by atoms with Gasteiger partial charge in [0.2, 0.25) is 0 Å². The second-order valence-electron chi connectivity index (χ2n) is 4.62. The highest BCUT2D eigenvalue weighted by molar-refractivity contribution is 7.09. The molecule has 2 N–H and O–H groups in total. The number of carboxylic acids is 1. The molecule has 1 saturated carbocycles. The molecule has 6 nitrogen and oxygen atoms in total. The van der Waals surface area contributed by atoms with Crippen molar-refractivity contribution in [1.82, 2.24) is 15.2 Å². The molecule has 1 heterocycles. The minimum absolute atomic E-state index is 0.0956. The molecule has 104 valence electrons. The zero-order valence-electron chi connectivity index (χ0n) is 10.8. The molecular weight excluding hydrogens is 266 g/mol. The van der Waals surface area contributed by atoms with Crippen LogP contribution in [0.4, 0.5) is 4.79 Å². The molecule has 1 fully saturated rings. The van der Waals surface area contributed by atoms with Gasteiger partial charge >= 0.3 is 12.0 Å². The number of hydrogen-bond donors (Lipinski definition) is 2. The number of aromatic nitrogens is 1. The van der Waals surface area contributed by atoms with Crippen LogP contribution in [0.5, 0.6) is 0 Å². The maximum atomic E-state index is 11.9. The van der Waals surface area contributed by atoms with Gasteiger partial charge in [0.25, 0.3) is 0 Å². The first-order valence-corrected chi connectivity index (χ1v) is 7.11. The van der Waals surface area contributed by atoms with Crippen molar-refractivity contribution in [3.63, 3.8) is 0 Å². The maximum absolute atomic E-state index is 11.9. The summed E-state index contributed by atoms with van der Waals surface area (Å²) in [5, 5.41) is 14.5. The lowest BCUT2D eigenvalue weighted by atomic mass is 10.4. The summed E-state index contributed by atoms with van der Waals surface area (Å²) >= 11 is 1.57. The molecule has 1 aromatic heterocycles. The molecule has 0 spiro atoms. The van der Waals surface area contributed by atoms with Crippen molar-refractivity contribution in [2.24, 2.45) is 0 Å². The van der Waals surface area contributed by atoms with Crippen molar-refractivity contribution < 1.29 is 14.7 Å². The Hall–Kier alpha value is -1.63. The Morgan fingerprint density at radius 3 is 2.84 bits per heavy atom. The van der Waals surface area contributed by atoms with Gasteiger partial charge in [-0.05, 0) is 19.8 Å². The molecule has 0 aromatic carbocycles. The molecule has 19 heavy (non-hydrogen) atoms. The predicted octanol–water partition coefficient (Wildman–Crippen LogP) is 1.25. The van der Waals surface area contributed by atoms with E-state index in [2.05, 4.69) is 10.3 Å². The van der Waals surface area contributed by atoms with Crippen molar-refractivity contribution in [2.45, 2.75) is 32.2 Å². The molecule has 1 aliphatic rings. The lowest BCUT2D eigenvalue weighted by Crippen LogP contribution is -2.44. The topological polar surface area (TPSA) is 82.5 Å². The number of nitrogens with one attached hydrogen (secondary N) is 1. The van der Waals surface area contributed by atoms with Gasteiger partial charge < -0.3 is 15.3 Å². The van der Waals surface area contributed by atoms with Gasteiger partial charge in [0.05, 0.1) is 5.01 Å². The molecule has 0 unspecified atom stereocenters. The van der Waals surface area contributed by atoms with Crippen LogP contribution in [-0.4, -0.2) is 46.1 Å². The van der Waals surface area contributed by atoms with Crippen LogP contribution < -0.4 is 5.32 Å². The monoisotopic (exact) mass is 283 g/mol. The fourth-order valence-corrected chi connectivity index (χ4v) is 2.57. The van der Waals surface area contributed by atoms with Crippen molar-refractivity contribution >= 4 is 23.3 Å². The molecule has 0 saturated heterocycles. The normalized spacial score (nSPS) is 14.2. The van der Waals surface area contributed by atoms with Gasteiger partial charge in [0.15, 0.2) is 0 Å². The highest BCUT2D eigenvalue weighted by Crippen LogP contribution is 2.26. The number of aryl methyl sites for hydroxylation is 1. The Bertz CT molecular complexity index is 471. The number of carbonyl (C=O) groups is 2. The molecule has 7 heteroatoms. The Balaban J connectivity index is 1.77. The van der Waals surface area contributed by atoms with Crippen molar-refractivity contribution in [3.8, 4) is 0 Å². The average molecular weight is 283 g/mol. The van der Waals surface area contributed by atoms with E-state index in [9.17, 15) is 9.59 Å². The van der Waals surface area contributed by atoms with Crippen LogP contribution in [0.15, 0.2) is 5.38 Å². The van der Waals surface area contributed by atoms with Crippen LogP contribution >= 0.6 is 11.3 Å². The van der Waals surface area contributed by atoms with Crippen molar-refractivity contribution in [1.29, 1.82) is 0 Å². The highest BCUT2D eigenvalue weighted by atomic mass is 32.1. The largest absolute Gasteiger partial charge is 0.480 e. The molecular formula is C12H17N3O3S. The van der Waals surface area contributed by atoms with Crippen molar-refractivity contribution in [2.75, 3.05) is 13.1 Å². The summed E-state index contributed by atoms with van der Waals surface area (Å²) in [5.41, 5.74) is 0.983. The molecule has 0 radical (unpaired) electrons. The van der Waals surface area contributed by atoms with E-state index >= 15 is 0 Å². The van der Waals surface area contributed by atoms with Gasteiger partial charge in [-0.25, -0.2) is 9.78 Å². The zero-order chi connectivity index (χ0) is 13.8.